The molecule has 0 aliphatic heterocycles. The molecule has 0 atom stereocenters. The molecule has 15 heteroatoms. The van der Waals surface area contributed by atoms with Crippen molar-refractivity contribution < 1.29 is 13.2 Å². The molecule has 0 saturated carbocycles. The SMILES string of the molecule is N#Cc1cc(-c2cc(-n3c4cc(-c5ccc(C#N)cc5C#N)ccc4c4ccc(-c5ccc(C#N)cc5C#N)cc43)c(C#N)c(-n3c4cc(-c5ccc(C#N)cc5C#N)ccc4c4ccc(-c5ccc(C#N)cc5C#N)cc43)c2)cc(C(F)(F)F)c1. The van der Waals surface area contributed by atoms with Crippen LogP contribution in [-0.4, -0.2) is 9.13 Å². The normalized spacial score (nSPS) is 10.8. The van der Waals surface area contributed by atoms with Crippen LogP contribution in [0.2, 0.25) is 0 Å². The lowest BCUT2D eigenvalue weighted by Crippen LogP contribution is -2.07. The largest absolute Gasteiger partial charge is 0.416 e. The standard InChI is InChI=1S/C71H29F3N12/c72-71(73,74)55-22-44(34-79)21-49(23-55)50-28-69(85-65-24-45(56-9-1-40(30-75)17-51(56)35-80)5-13-60(65)61-14-6-46(25-66(61)85)57-10-2-41(31-76)18-52(57)36-81)64(39-84)70(29-50)86-67-26-47(58-11-3-42(32-77)19-53(58)37-82)7-15-62(67)63-16-8-48(27-68(63)86)59-12-4-43(33-78)20-54(59)38-83/h1-29H. The highest BCUT2D eigenvalue weighted by Gasteiger charge is 2.32. The van der Waals surface area contributed by atoms with Crippen LogP contribution >= 0.6 is 0 Å². The van der Waals surface area contributed by atoms with E-state index < -0.39 is 11.7 Å². The highest BCUT2D eigenvalue weighted by Crippen LogP contribution is 2.45. The van der Waals surface area contributed by atoms with E-state index in [0.29, 0.717) is 88.1 Å². The van der Waals surface area contributed by atoms with Gasteiger partial charge in [-0.3, -0.25) is 0 Å². The van der Waals surface area contributed by atoms with Gasteiger partial charge in [-0.15, -0.1) is 0 Å². The van der Waals surface area contributed by atoms with Crippen molar-refractivity contribution in [3.05, 3.63) is 237 Å². The number of nitrogens with zero attached hydrogens (tertiary/aromatic N) is 12. The smallest absolute Gasteiger partial charge is 0.308 e. The summed E-state index contributed by atoms with van der Waals surface area (Å²) < 4.78 is 48.6. The first kappa shape index (κ1) is 53.1. The second-order valence-electron chi connectivity index (χ2n) is 19.9. The highest BCUT2D eigenvalue weighted by atomic mass is 19.4. The Labute approximate surface area is 487 Å². The van der Waals surface area contributed by atoms with E-state index in [0.717, 1.165) is 12.1 Å². The molecule has 0 amide bonds. The fourth-order valence-corrected chi connectivity index (χ4v) is 11.3. The average molecular weight is 1110 g/mol. The minimum absolute atomic E-state index is 0.0233. The number of rotatable bonds is 7. The number of hydrogen-bond donors (Lipinski definition) is 0. The van der Waals surface area contributed by atoms with Crippen molar-refractivity contribution in [3.63, 3.8) is 0 Å². The van der Waals surface area contributed by atoms with Gasteiger partial charge in [-0.25, -0.2) is 0 Å². The molecule has 12 rings (SSSR count). The highest BCUT2D eigenvalue weighted by molar-refractivity contribution is 6.14. The van der Waals surface area contributed by atoms with E-state index >= 15 is 13.2 Å². The molecule has 2 heterocycles. The van der Waals surface area contributed by atoms with E-state index in [-0.39, 0.29) is 78.1 Å². The van der Waals surface area contributed by atoms with Crippen LogP contribution in [0.3, 0.4) is 0 Å². The van der Waals surface area contributed by atoms with E-state index in [9.17, 15) is 52.6 Å². The Balaban J connectivity index is 1.27. The van der Waals surface area contributed by atoms with Crippen LogP contribution in [0.15, 0.2) is 176 Å². The third kappa shape index (κ3) is 8.82. The van der Waals surface area contributed by atoms with E-state index in [1.165, 1.54) is 30.3 Å². The second-order valence-corrected chi connectivity index (χ2v) is 19.9. The first-order valence-corrected chi connectivity index (χ1v) is 25.9. The Kier molecular flexibility index (Phi) is 12.9. The van der Waals surface area contributed by atoms with Gasteiger partial charge < -0.3 is 9.13 Å². The molecule has 0 aliphatic rings. The van der Waals surface area contributed by atoms with Crippen LogP contribution in [0, 0.1) is 113 Å². The number of hydrogen-bond acceptors (Lipinski definition) is 10. The maximum absolute atomic E-state index is 15.0. The summed E-state index contributed by atoms with van der Waals surface area (Å²) >= 11 is 0. The van der Waals surface area contributed by atoms with Crippen molar-refractivity contribution in [1.82, 2.24) is 9.13 Å². The first-order chi connectivity index (χ1) is 41.8. The van der Waals surface area contributed by atoms with Gasteiger partial charge in [0.25, 0.3) is 0 Å². The topological polar surface area (TPSA) is 248 Å². The predicted octanol–water partition coefficient (Wildman–Crippen LogP) is 16.0. The summed E-state index contributed by atoms with van der Waals surface area (Å²) in [6, 6.07) is 68.1. The van der Waals surface area contributed by atoms with Crippen LogP contribution in [0.25, 0.3) is 111 Å². The van der Waals surface area contributed by atoms with Gasteiger partial charge in [0.2, 0.25) is 0 Å². The Morgan fingerprint density at radius 2 is 0.570 bits per heavy atom. The first-order valence-electron chi connectivity index (χ1n) is 25.9. The quantitative estimate of drug-likeness (QED) is 0.146. The van der Waals surface area contributed by atoms with Gasteiger partial charge >= 0.3 is 6.18 Å². The number of benzene rings is 10. The molecule has 10 aromatic carbocycles. The van der Waals surface area contributed by atoms with E-state index in [2.05, 4.69) is 54.6 Å². The molecule has 0 saturated heterocycles. The van der Waals surface area contributed by atoms with E-state index in [4.69, 9.17) is 0 Å². The molecule has 12 nitrogen and oxygen atoms in total. The monoisotopic (exact) mass is 1110 g/mol. The maximum Gasteiger partial charge on any atom is 0.416 e. The fourth-order valence-electron chi connectivity index (χ4n) is 11.3. The summed E-state index contributed by atoms with van der Waals surface area (Å²) in [5, 5.41) is 106. The van der Waals surface area contributed by atoms with E-state index in [1.54, 1.807) is 118 Å². The van der Waals surface area contributed by atoms with Crippen molar-refractivity contribution >= 4 is 43.6 Å². The molecule has 0 aliphatic carbocycles. The molecule has 86 heavy (non-hydrogen) atoms. The van der Waals surface area contributed by atoms with Crippen LogP contribution in [0.5, 0.6) is 0 Å². The zero-order valence-electron chi connectivity index (χ0n) is 44.2. The van der Waals surface area contributed by atoms with Crippen molar-refractivity contribution in [1.29, 1.82) is 52.6 Å². The van der Waals surface area contributed by atoms with Gasteiger partial charge in [-0.1, -0.05) is 72.8 Å². The van der Waals surface area contributed by atoms with Gasteiger partial charge in [0, 0.05) is 21.5 Å². The van der Waals surface area contributed by atoms with Crippen molar-refractivity contribution in [2.75, 3.05) is 0 Å². The molecule has 394 valence electrons. The molecule has 0 unspecified atom stereocenters. The number of aromatic nitrogens is 2. The lowest BCUT2D eigenvalue weighted by Gasteiger charge is -2.20. The van der Waals surface area contributed by atoms with Crippen LogP contribution in [-0.2, 0) is 6.18 Å². The average Bonchev–Trinajstić information content (AvgIpc) is 1.88. The molecule has 0 spiro atoms. The fraction of sp³-hybridized carbons (Fsp3) is 0.0141. The minimum Gasteiger partial charge on any atom is -0.308 e. The summed E-state index contributed by atoms with van der Waals surface area (Å²) in [5.41, 5.74) is 6.38. The summed E-state index contributed by atoms with van der Waals surface area (Å²) in [7, 11) is 0. The van der Waals surface area contributed by atoms with Crippen LogP contribution < -0.4 is 0 Å². The van der Waals surface area contributed by atoms with Crippen LogP contribution in [0.1, 0.15) is 61.2 Å². The van der Waals surface area contributed by atoms with E-state index in [1.807, 2.05) is 30.3 Å². The lowest BCUT2D eigenvalue weighted by molar-refractivity contribution is -0.137. The van der Waals surface area contributed by atoms with Crippen molar-refractivity contribution in [2.45, 2.75) is 6.18 Å². The van der Waals surface area contributed by atoms with Gasteiger partial charge in [0.05, 0.1) is 144 Å². The van der Waals surface area contributed by atoms with Crippen LogP contribution in [0.4, 0.5) is 13.2 Å². The molecular formula is C71H29F3N12. The molecule has 0 N–H and O–H groups in total. The third-order valence-corrected chi connectivity index (χ3v) is 15.3. The van der Waals surface area contributed by atoms with Gasteiger partial charge in [-0.05, 0) is 159 Å². The number of nitriles is 10. The Morgan fingerprint density at radius 1 is 0.267 bits per heavy atom. The van der Waals surface area contributed by atoms with Crippen molar-refractivity contribution in [2.24, 2.45) is 0 Å². The molecule has 0 fully saturated rings. The Hall–Kier alpha value is -13.5. The molecular weight excluding hydrogens is 1080 g/mol. The molecule has 0 radical (unpaired) electrons. The third-order valence-electron chi connectivity index (χ3n) is 15.3. The predicted molar refractivity (Wildman–Crippen MR) is 314 cm³/mol. The summed E-state index contributed by atoms with van der Waals surface area (Å²) in [5.74, 6) is 0. The maximum atomic E-state index is 15.0. The van der Waals surface area contributed by atoms with Crippen molar-refractivity contribution in [3.8, 4) is 128 Å². The number of halogens is 3. The van der Waals surface area contributed by atoms with Gasteiger partial charge in [0.15, 0.2) is 0 Å². The molecule has 0 bridgehead atoms. The number of fused-ring (bicyclic) bond motifs is 6. The van der Waals surface area contributed by atoms with Gasteiger partial charge in [-0.2, -0.15) is 65.8 Å². The van der Waals surface area contributed by atoms with Gasteiger partial charge in [0.1, 0.15) is 11.6 Å². The second kappa shape index (κ2) is 20.9. The summed E-state index contributed by atoms with van der Waals surface area (Å²) in [4.78, 5) is 0. The lowest BCUT2D eigenvalue weighted by atomic mass is 9.96. The summed E-state index contributed by atoms with van der Waals surface area (Å²) in [6.45, 7) is 0. The molecule has 2 aromatic heterocycles. The summed E-state index contributed by atoms with van der Waals surface area (Å²) in [6.07, 6.45) is -4.91. The Morgan fingerprint density at radius 3 is 0.837 bits per heavy atom. The minimum atomic E-state index is -4.91. The molecule has 12 aromatic rings. The number of alkyl halides is 3. The Bertz CT molecular complexity index is 4930. The zero-order valence-corrected chi connectivity index (χ0v) is 44.2. The zero-order chi connectivity index (χ0) is 60.1.